The molecule has 1 rings (SSSR count). The van der Waals surface area contributed by atoms with E-state index in [1.807, 2.05) is 0 Å². The predicted octanol–water partition coefficient (Wildman–Crippen LogP) is 7.19. The van der Waals surface area contributed by atoms with E-state index < -0.39 is 0 Å². The van der Waals surface area contributed by atoms with Crippen molar-refractivity contribution in [2.45, 2.75) is 97.3 Å². The Labute approximate surface area is 133 Å². The van der Waals surface area contributed by atoms with Gasteiger partial charge in [0.15, 0.2) is 0 Å². The minimum absolute atomic E-state index is 0.437. The van der Waals surface area contributed by atoms with E-state index in [2.05, 4.69) is 52.0 Å². The molecular formula is C21H36. The van der Waals surface area contributed by atoms with Crippen LogP contribution in [0.1, 0.15) is 96.1 Å². The Morgan fingerprint density at radius 3 is 1.76 bits per heavy atom. The third kappa shape index (κ3) is 5.49. The van der Waals surface area contributed by atoms with Gasteiger partial charge in [-0.2, -0.15) is 0 Å². The first kappa shape index (κ1) is 18.3. The van der Waals surface area contributed by atoms with Gasteiger partial charge in [-0.05, 0) is 42.7 Å². The number of hydrogen-bond acceptors (Lipinski definition) is 0. The summed E-state index contributed by atoms with van der Waals surface area (Å²) in [7, 11) is 0. The van der Waals surface area contributed by atoms with E-state index in [4.69, 9.17) is 0 Å². The molecule has 0 unspecified atom stereocenters. The maximum atomic E-state index is 2.41. The first-order valence-electron chi connectivity index (χ1n) is 9.26. The summed E-state index contributed by atoms with van der Waals surface area (Å²) in [6, 6.07) is 9.15. The van der Waals surface area contributed by atoms with Crippen molar-refractivity contribution in [1.29, 1.82) is 0 Å². The van der Waals surface area contributed by atoms with E-state index in [1.165, 1.54) is 69.8 Å². The van der Waals surface area contributed by atoms with Crippen LogP contribution in [-0.4, -0.2) is 0 Å². The Balaban J connectivity index is 3.04. The molecule has 0 N–H and O–H groups in total. The topological polar surface area (TPSA) is 0 Å². The van der Waals surface area contributed by atoms with E-state index in [0.29, 0.717) is 5.41 Å². The van der Waals surface area contributed by atoms with Crippen LogP contribution in [0.5, 0.6) is 0 Å². The lowest BCUT2D eigenvalue weighted by Crippen LogP contribution is -2.27. The third-order valence-corrected chi connectivity index (χ3v) is 4.99. The Bertz CT molecular complexity index is 369. The first-order valence-corrected chi connectivity index (χ1v) is 9.26. The van der Waals surface area contributed by atoms with E-state index in [-0.39, 0.29) is 0 Å². The molecule has 0 nitrogen and oxygen atoms in total. The first-order chi connectivity index (χ1) is 10.2. The van der Waals surface area contributed by atoms with Crippen molar-refractivity contribution in [2.24, 2.45) is 0 Å². The van der Waals surface area contributed by atoms with Crippen LogP contribution in [0.25, 0.3) is 0 Å². The van der Waals surface area contributed by atoms with Crippen molar-refractivity contribution in [1.82, 2.24) is 0 Å². The van der Waals surface area contributed by atoms with Crippen molar-refractivity contribution in [3.8, 4) is 0 Å². The van der Waals surface area contributed by atoms with Gasteiger partial charge in [-0.3, -0.25) is 0 Å². The van der Waals surface area contributed by atoms with Gasteiger partial charge in [0.1, 0.15) is 0 Å². The number of benzene rings is 1. The van der Waals surface area contributed by atoms with Crippen LogP contribution in [0, 0.1) is 6.92 Å². The van der Waals surface area contributed by atoms with E-state index >= 15 is 0 Å². The lowest BCUT2D eigenvalue weighted by atomic mass is 9.68. The van der Waals surface area contributed by atoms with Crippen LogP contribution < -0.4 is 0 Å². The maximum Gasteiger partial charge on any atom is -0.00443 e. The minimum Gasteiger partial charge on any atom is -0.0654 e. The van der Waals surface area contributed by atoms with Crippen LogP contribution in [0.15, 0.2) is 24.3 Å². The molecule has 0 spiro atoms. The Morgan fingerprint density at radius 1 is 0.714 bits per heavy atom. The minimum atomic E-state index is 0.437. The summed E-state index contributed by atoms with van der Waals surface area (Å²) in [6.07, 6.45) is 13.6. The fourth-order valence-corrected chi connectivity index (χ4v) is 3.69. The van der Waals surface area contributed by atoms with Crippen LogP contribution in [-0.2, 0) is 5.41 Å². The molecule has 0 saturated heterocycles. The Hall–Kier alpha value is -0.780. The molecule has 0 fully saturated rings. The fourth-order valence-electron chi connectivity index (χ4n) is 3.69. The van der Waals surface area contributed by atoms with Crippen LogP contribution in [0.4, 0.5) is 0 Å². The molecule has 0 saturated carbocycles. The molecule has 0 aliphatic heterocycles. The SMILES string of the molecule is CCCCCC(CCCC)(CCCC)c1ccccc1C. The van der Waals surface area contributed by atoms with Crippen LogP contribution >= 0.6 is 0 Å². The molecule has 0 amide bonds. The molecule has 1 aromatic rings. The second kappa shape index (κ2) is 10.0. The van der Waals surface area contributed by atoms with Crippen molar-refractivity contribution in [2.75, 3.05) is 0 Å². The quantitative estimate of drug-likeness (QED) is 0.378. The fraction of sp³-hybridized carbons (Fsp3) is 0.714. The summed E-state index contributed by atoms with van der Waals surface area (Å²) in [5.74, 6) is 0. The highest BCUT2D eigenvalue weighted by molar-refractivity contribution is 5.33. The highest BCUT2D eigenvalue weighted by Crippen LogP contribution is 2.41. The second-order valence-electron chi connectivity index (χ2n) is 6.76. The lowest BCUT2D eigenvalue weighted by molar-refractivity contribution is 0.306. The van der Waals surface area contributed by atoms with Gasteiger partial charge >= 0.3 is 0 Å². The second-order valence-corrected chi connectivity index (χ2v) is 6.76. The normalized spacial score (nSPS) is 11.8. The highest BCUT2D eigenvalue weighted by Gasteiger charge is 2.31. The zero-order valence-electron chi connectivity index (χ0n) is 14.9. The average Bonchev–Trinajstić information content (AvgIpc) is 2.50. The van der Waals surface area contributed by atoms with Gasteiger partial charge in [-0.1, -0.05) is 90.0 Å². The molecule has 0 aliphatic rings. The van der Waals surface area contributed by atoms with Gasteiger partial charge in [-0.15, -0.1) is 0 Å². The largest absolute Gasteiger partial charge is 0.0654 e. The maximum absolute atomic E-state index is 2.41. The lowest BCUT2D eigenvalue weighted by Gasteiger charge is -2.36. The van der Waals surface area contributed by atoms with E-state index in [1.54, 1.807) is 5.56 Å². The molecule has 21 heavy (non-hydrogen) atoms. The third-order valence-electron chi connectivity index (χ3n) is 4.99. The zero-order chi connectivity index (χ0) is 15.6. The molecule has 0 radical (unpaired) electrons. The van der Waals surface area contributed by atoms with Gasteiger partial charge in [0.25, 0.3) is 0 Å². The number of unbranched alkanes of at least 4 members (excludes halogenated alkanes) is 4. The molecule has 0 atom stereocenters. The summed E-state index contributed by atoms with van der Waals surface area (Å²) in [5, 5.41) is 0. The Morgan fingerprint density at radius 2 is 1.24 bits per heavy atom. The molecule has 0 aromatic heterocycles. The smallest absolute Gasteiger partial charge is 0.00443 e. The molecule has 0 heteroatoms. The van der Waals surface area contributed by atoms with Gasteiger partial charge in [0.2, 0.25) is 0 Å². The monoisotopic (exact) mass is 288 g/mol. The summed E-state index contributed by atoms with van der Waals surface area (Å²) in [6.45, 7) is 9.28. The van der Waals surface area contributed by atoms with Gasteiger partial charge < -0.3 is 0 Å². The molecule has 0 heterocycles. The van der Waals surface area contributed by atoms with Crippen molar-refractivity contribution < 1.29 is 0 Å². The molecule has 1 aromatic carbocycles. The molecular weight excluding hydrogens is 252 g/mol. The van der Waals surface area contributed by atoms with E-state index in [9.17, 15) is 0 Å². The predicted molar refractivity (Wildman–Crippen MR) is 96.0 cm³/mol. The van der Waals surface area contributed by atoms with Gasteiger partial charge in [-0.25, -0.2) is 0 Å². The molecule has 0 bridgehead atoms. The van der Waals surface area contributed by atoms with Crippen molar-refractivity contribution in [3.63, 3.8) is 0 Å². The molecule has 120 valence electrons. The van der Waals surface area contributed by atoms with Gasteiger partial charge in [0.05, 0.1) is 0 Å². The Kier molecular flexibility index (Phi) is 8.73. The molecule has 0 aliphatic carbocycles. The van der Waals surface area contributed by atoms with Gasteiger partial charge in [0, 0.05) is 0 Å². The van der Waals surface area contributed by atoms with Crippen LogP contribution in [0.2, 0.25) is 0 Å². The standard InChI is InChI=1S/C21H36/c1-5-8-13-18-21(16-9-6-2,17-10-7-3)20-15-12-11-14-19(20)4/h11-12,14-15H,5-10,13,16-18H2,1-4H3. The highest BCUT2D eigenvalue weighted by atomic mass is 14.4. The zero-order valence-corrected chi connectivity index (χ0v) is 14.9. The number of rotatable bonds is 11. The summed E-state index contributed by atoms with van der Waals surface area (Å²) < 4.78 is 0. The van der Waals surface area contributed by atoms with Crippen LogP contribution in [0.3, 0.4) is 0 Å². The summed E-state index contributed by atoms with van der Waals surface area (Å²) in [4.78, 5) is 0. The average molecular weight is 289 g/mol. The summed E-state index contributed by atoms with van der Waals surface area (Å²) >= 11 is 0. The number of hydrogen-bond donors (Lipinski definition) is 0. The summed E-state index contributed by atoms with van der Waals surface area (Å²) in [5.41, 5.74) is 3.58. The number of aryl methyl sites for hydroxylation is 1. The van der Waals surface area contributed by atoms with Crippen molar-refractivity contribution >= 4 is 0 Å². The van der Waals surface area contributed by atoms with Crippen molar-refractivity contribution in [3.05, 3.63) is 35.4 Å². The van der Waals surface area contributed by atoms with E-state index in [0.717, 1.165) is 0 Å².